The topological polar surface area (TPSA) is 55.1 Å². The third kappa shape index (κ3) is 4.70. The molecule has 15 heavy (non-hydrogen) atoms. The Morgan fingerprint density at radius 1 is 1.40 bits per heavy atom. The molecule has 0 atom stereocenters. The Balaban J connectivity index is 2.39. The molecular weight excluding hydrogens is 228 g/mol. The minimum atomic E-state index is 0.103. The maximum atomic E-state index is 11.0. The maximum Gasteiger partial charge on any atom is 0.159 e. The average molecular weight is 242 g/mol. The van der Waals surface area contributed by atoms with E-state index in [-0.39, 0.29) is 5.78 Å². The van der Waals surface area contributed by atoms with E-state index in [1.807, 2.05) is 24.3 Å². The van der Waals surface area contributed by atoms with Gasteiger partial charge in [-0.05, 0) is 19.1 Å². The highest BCUT2D eigenvalue weighted by molar-refractivity contribution is 8.76. The molecule has 0 amide bonds. The SMILES string of the molecule is CC(=O)c1ccc(SSCCNN)cc1. The molecule has 0 heterocycles. The Morgan fingerprint density at radius 3 is 2.60 bits per heavy atom. The third-order valence-electron chi connectivity index (χ3n) is 1.75. The molecule has 1 aromatic carbocycles. The van der Waals surface area contributed by atoms with Crippen LogP contribution in [-0.2, 0) is 0 Å². The minimum absolute atomic E-state index is 0.103. The lowest BCUT2D eigenvalue weighted by Crippen LogP contribution is -2.24. The van der Waals surface area contributed by atoms with E-state index in [1.165, 1.54) is 0 Å². The summed E-state index contributed by atoms with van der Waals surface area (Å²) in [5.74, 6) is 6.21. The number of hydrazine groups is 1. The van der Waals surface area contributed by atoms with Crippen molar-refractivity contribution in [2.75, 3.05) is 12.3 Å². The summed E-state index contributed by atoms with van der Waals surface area (Å²) in [5, 5.41) is 0. The summed E-state index contributed by atoms with van der Waals surface area (Å²) in [6.07, 6.45) is 0. The first-order valence-electron chi connectivity index (χ1n) is 4.58. The molecule has 0 aliphatic rings. The number of nitrogens with two attached hydrogens (primary N) is 1. The number of carbonyl (C=O) groups excluding carboxylic acids is 1. The van der Waals surface area contributed by atoms with Crippen LogP contribution in [0.2, 0.25) is 0 Å². The molecule has 0 spiro atoms. The Morgan fingerprint density at radius 2 is 2.07 bits per heavy atom. The van der Waals surface area contributed by atoms with E-state index < -0.39 is 0 Å². The molecule has 0 saturated carbocycles. The van der Waals surface area contributed by atoms with Gasteiger partial charge in [-0.3, -0.25) is 16.1 Å². The van der Waals surface area contributed by atoms with E-state index >= 15 is 0 Å². The second kappa shape index (κ2) is 6.90. The lowest BCUT2D eigenvalue weighted by Gasteiger charge is -2.01. The van der Waals surface area contributed by atoms with E-state index in [0.29, 0.717) is 0 Å². The van der Waals surface area contributed by atoms with Crippen molar-refractivity contribution in [2.24, 2.45) is 5.84 Å². The van der Waals surface area contributed by atoms with Crippen LogP contribution in [0.1, 0.15) is 17.3 Å². The molecule has 0 aliphatic heterocycles. The molecule has 0 radical (unpaired) electrons. The van der Waals surface area contributed by atoms with Gasteiger partial charge in [-0.1, -0.05) is 33.7 Å². The first-order chi connectivity index (χ1) is 7.24. The zero-order chi connectivity index (χ0) is 11.1. The Bertz CT molecular complexity index is 314. The van der Waals surface area contributed by atoms with Crippen molar-refractivity contribution in [2.45, 2.75) is 11.8 Å². The lowest BCUT2D eigenvalue weighted by atomic mass is 10.2. The number of benzene rings is 1. The molecule has 0 unspecified atom stereocenters. The van der Waals surface area contributed by atoms with Crippen LogP contribution in [0.3, 0.4) is 0 Å². The highest BCUT2D eigenvalue weighted by Gasteiger charge is 1.99. The van der Waals surface area contributed by atoms with E-state index in [2.05, 4.69) is 5.43 Å². The van der Waals surface area contributed by atoms with Crippen LogP contribution in [0.5, 0.6) is 0 Å². The van der Waals surface area contributed by atoms with Crippen LogP contribution in [-0.4, -0.2) is 18.1 Å². The molecule has 5 heteroatoms. The summed E-state index contributed by atoms with van der Waals surface area (Å²) in [6, 6.07) is 7.63. The summed E-state index contributed by atoms with van der Waals surface area (Å²) >= 11 is 0. The molecule has 1 rings (SSSR count). The van der Waals surface area contributed by atoms with E-state index in [4.69, 9.17) is 5.84 Å². The number of carbonyl (C=O) groups is 1. The molecular formula is C10H14N2OS2. The number of nitrogens with one attached hydrogen (secondary N) is 1. The minimum Gasteiger partial charge on any atom is -0.295 e. The van der Waals surface area contributed by atoms with Gasteiger partial charge in [-0.2, -0.15) is 0 Å². The van der Waals surface area contributed by atoms with Gasteiger partial charge in [0.05, 0.1) is 0 Å². The Hall–Kier alpha value is -0.490. The normalized spacial score (nSPS) is 10.3. The predicted molar refractivity (Wildman–Crippen MR) is 67.0 cm³/mol. The smallest absolute Gasteiger partial charge is 0.159 e. The van der Waals surface area contributed by atoms with Gasteiger partial charge in [0.1, 0.15) is 0 Å². The monoisotopic (exact) mass is 242 g/mol. The van der Waals surface area contributed by atoms with Crippen LogP contribution < -0.4 is 11.3 Å². The lowest BCUT2D eigenvalue weighted by molar-refractivity contribution is 0.101. The first kappa shape index (κ1) is 12.6. The van der Waals surface area contributed by atoms with Crippen LogP contribution >= 0.6 is 21.6 Å². The van der Waals surface area contributed by atoms with Gasteiger partial charge in [0.15, 0.2) is 5.78 Å². The summed E-state index contributed by atoms with van der Waals surface area (Å²) in [7, 11) is 3.43. The van der Waals surface area contributed by atoms with Crippen molar-refractivity contribution in [3.8, 4) is 0 Å². The van der Waals surface area contributed by atoms with Gasteiger partial charge in [-0.25, -0.2) is 0 Å². The Labute approximate surface area is 97.6 Å². The van der Waals surface area contributed by atoms with Crippen molar-refractivity contribution in [1.82, 2.24) is 5.43 Å². The Kier molecular flexibility index (Phi) is 5.78. The van der Waals surface area contributed by atoms with E-state index in [9.17, 15) is 4.79 Å². The molecule has 82 valence electrons. The van der Waals surface area contributed by atoms with E-state index in [0.717, 1.165) is 22.8 Å². The fourth-order valence-corrected chi connectivity index (χ4v) is 2.86. The largest absolute Gasteiger partial charge is 0.295 e. The molecule has 3 nitrogen and oxygen atoms in total. The van der Waals surface area contributed by atoms with Gasteiger partial charge < -0.3 is 0 Å². The van der Waals surface area contributed by atoms with Crippen LogP contribution in [0.4, 0.5) is 0 Å². The second-order valence-electron chi connectivity index (χ2n) is 2.94. The van der Waals surface area contributed by atoms with Crippen molar-refractivity contribution < 1.29 is 4.79 Å². The summed E-state index contributed by atoms with van der Waals surface area (Å²) in [5.41, 5.74) is 3.36. The van der Waals surface area contributed by atoms with Gasteiger partial charge >= 0.3 is 0 Å². The predicted octanol–water partition coefficient (Wildman–Crippen LogP) is 2.09. The van der Waals surface area contributed by atoms with Gasteiger partial charge in [0.2, 0.25) is 0 Å². The molecule has 0 aliphatic carbocycles. The van der Waals surface area contributed by atoms with Crippen molar-refractivity contribution in [3.05, 3.63) is 29.8 Å². The van der Waals surface area contributed by atoms with Crippen LogP contribution in [0.15, 0.2) is 29.2 Å². The fraction of sp³-hybridized carbons (Fsp3) is 0.300. The summed E-state index contributed by atoms with van der Waals surface area (Å²) in [6.45, 7) is 2.37. The van der Waals surface area contributed by atoms with E-state index in [1.54, 1.807) is 28.5 Å². The van der Waals surface area contributed by atoms with Gasteiger partial charge in [0, 0.05) is 22.8 Å². The fourth-order valence-electron chi connectivity index (χ4n) is 0.955. The summed E-state index contributed by atoms with van der Waals surface area (Å²) < 4.78 is 0. The van der Waals surface area contributed by atoms with Crippen molar-refractivity contribution >= 4 is 27.4 Å². The zero-order valence-electron chi connectivity index (χ0n) is 8.53. The highest BCUT2D eigenvalue weighted by atomic mass is 33.1. The number of hydrogen-bond donors (Lipinski definition) is 2. The van der Waals surface area contributed by atoms with Crippen molar-refractivity contribution in [1.29, 1.82) is 0 Å². The van der Waals surface area contributed by atoms with Gasteiger partial charge in [0.25, 0.3) is 0 Å². The molecule has 0 saturated heterocycles. The molecule has 0 fully saturated rings. The zero-order valence-corrected chi connectivity index (χ0v) is 10.2. The molecule has 1 aromatic rings. The maximum absolute atomic E-state index is 11.0. The number of ketones is 1. The molecule has 0 aromatic heterocycles. The quantitative estimate of drug-likeness (QED) is 0.263. The van der Waals surface area contributed by atoms with Crippen LogP contribution in [0, 0.1) is 0 Å². The number of rotatable bonds is 6. The highest BCUT2D eigenvalue weighted by Crippen LogP contribution is 2.30. The average Bonchev–Trinajstić information content (AvgIpc) is 2.25. The number of Topliss-reactive ketones (excluding diaryl/α,β-unsaturated/α-hetero) is 1. The third-order valence-corrected chi connectivity index (χ3v) is 4.13. The standard InChI is InChI=1S/C10H14N2OS2/c1-8(13)9-2-4-10(5-3-9)15-14-7-6-12-11/h2-5,12H,6-7,11H2,1H3. The van der Waals surface area contributed by atoms with Crippen molar-refractivity contribution in [3.63, 3.8) is 0 Å². The molecule has 3 N–H and O–H groups in total. The van der Waals surface area contributed by atoms with Gasteiger partial charge in [-0.15, -0.1) is 0 Å². The first-order valence-corrected chi connectivity index (χ1v) is 6.90. The summed E-state index contributed by atoms with van der Waals surface area (Å²) in [4.78, 5) is 12.2. The van der Waals surface area contributed by atoms with Crippen LogP contribution in [0.25, 0.3) is 0 Å². The molecule has 0 bridgehead atoms. The second-order valence-corrected chi connectivity index (χ2v) is 5.43. The number of hydrogen-bond acceptors (Lipinski definition) is 5.